The van der Waals surface area contributed by atoms with Gasteiger partial charge in [-0.2, -0.15) is 13.2 Å². The van der Waals surface area contributed by atoms with Crippen LogP contribution in [0, 0.1) is 0 Å². The van der Waals surface area contributed by atoms with Crippen LogP contribution in [0.5, 0.6) is 0 Å². The molecule has 1 aromatic rings. The average molecular weight is 285 g/mol. The highest BCUT2D eigenvalue weighted by Crippen LogP contribution is 2.47. The molecule has 20 heavy (non-hydrogen) atoms. The van der Waals surface area contributed by atoms with Gasteiger partial charge in [-0.3, -0.25) is 0 Å². The molecule has 4 heteroatoms. The molecular formula is C16H22F3N. The van der Waals surface area contributed by atoms with Crippen LogP contribution in [0.1, 0.15) is 44.1 Å². The zero-order valence-corrected chi connectivity index (χ0v) is 11.8. The first kappa shape index (κ1) is 15.4. The maximum atomic E-state index is 12.3. The smallest absolute Gasteiger partial charge is 0.316 e. The summed E-state index contributed by atoms with van der Waals surface area (Å²) in [7, 11) is 1.86. The zero-order valence-electron chi connectivity index (χ0n) is 11.8. The first-order chi connectivity index (χ1) is 9.48. The fourth-order valence-electron chi connectivity index (χ4n) is 3.37. The van der Waals surface area contributed by atoms with E-state index in [1.54, 1.807) is 0 Å². The maximum absolute atomic E-state index is 12.3. The zero-order chi connectivity index (χ0) is 14.6. The molecular weight excluding hydrogens is 263 g/mol. The molecule has 2 rings (SSSR count). The summed E-state index contributed by atoms with van der Waals surface area (Å²) in [6.45, 7) is 0. The Morgan fingerprint density at radius 2 is 1.85 bits per heavy atom. The third kappa shape index (κ3) is 3.35. The maximum Gasteiger partial charge on any atom is 0.389 e. The second kappa shape index (κ2) is 6.17. The normalized spacial score (nSPS) is 19.4. The first-order valence-electron chi connectivity index (χ1n) is 7.27. The van der Waals surface area contributed by atoms with Crippen LogP contribution in [-0.4, -0.2) is 19.3 Å². The van der Waals surface area contributed by atoms with Crippen LogP contribution in [0.2, 0.25) is 0 Å². The second-order valence-corrected chi connectivity index (χ2v) is 5.72. The molecule has 1 saturated carbocycles. The predicted octanol–water partition coefficient (Wildman–Crippen LogP) is 4.43. The number of hydrogen-bond donors (Lipinski definition) is 1. The van der Waals surface area contributed by atoms with Gasteiger partial charge in [0.1, 0.15) is 0 Å². The third-order valence-corrected chi connectivity index (χ3v) is 4.56. The van der Waals surface area contributed by atoms with E-state index in [9.17, 15) is 13.2 Å². The average Bonchev–Trinajstić information content (AvgIpc) is 2.35. The lowest BCUT2D eigenvalue weighted by atomic mass is 9.59. The number of benzene rings is 1. The fourth-order valence-corrected chi connectivity index (χ4v) is 3.37. The van der Waals surface area contributed by atoms with Crippen LogP contribution in [0.4, 0.5) is 13.2 Å². The van der Waals surface area contributed by atoms with E-state index in [0.717, 1.165) is 19.3 Å². The van der Waals surface area contributed by atoms with Crippen LogP contribution in [0.25, 0.3) is 0 Å². The molecule has 1 atom stereocenters. The van der Waals surface area contributed by atoms with Crippen molar-refractivity contribution in [3.63, 3.8) is 0 Å². The largest absolute Gasteiger partial charge is 0.389 e. The van der Waals surface area contributed by atoms with E-state index < -0.39 is 12.6 Å². The van der Waals surface area contributed by atoms with Gasteiger partial charge in [0.2, 0.25) is 0 Å². The highest BCUT2D eigenvalue weighted by Gasteiger charge is 2.44. The summed E-state index contributed by atoms with van der Waals surface area (Å²) in [5.41, 5.74) is 1.29. The van der Waals surface area contributed by atoms with Gasteiger partial charge in [0.25, 0.3) is 0 Å². The van der Waals surface area contributed by atoms with Crippen LogP contribution >= 0.6 is 0 Å². The predicted molar refractivity (Wildman–Crippen MR) is 74.7 cm³/mol. The van der Waals surface area contributed by atoms with Crippen molar-refractivity contribution < 1.29 is 13.2 Å². The Hall–Kier alpha value is -1.03. The van der Waals surface area contributed by atoms with E-state index in [-0.39, 0.29) is 17.9 Å². The second-order valence-electron chi connectivity index (χ2n) is 5.72. The number of nitrogens with one attached hydrogen (secondary N) is 1. The molecule has 0 radical (unpaired) electrons. The van der Waals surface area contributed by atoms with Crippen molar-refractivity contribution in [2.75, 3.05) is 7.05 Å². The first-order valence-corrected chi connectivity index (χ1v) is 7.27. The van der Waals surface area contributed by atoms with E-state index in [1.807, 2.05) is 25.2 Å². The lowest BCUT2D eigenvalue weighted by Crippen LogP contribution is -2.51. The molecule has 0 bridgehead atoms. The molecule has 0 saturated heterocycles. The number of likely N-dealkylation sites (N-methyl/N-ethyl adjacent to an activating group) is 1. The van der Waals surface area contributed by atoms with Gasteiger partial charge in [-0.25, -0.2) is 0 Å². The van der Waals surface area contributed by atoms with Gasteiger partial charge >= 0.3 is 6.18 Å². The molecule has 112 valence electrons. The van der Waals surface area contributed by atoms with E-state index in [0.29, 0.717) is 6.42 Å². The molecule has 1 aromatic carbocycles. The number of hydrogen-bond acceptors (Lipinski definition) is 1. The highest BCUT2D eigenvalue weighted by atomic mass is 19.4. The van der Waals surface area contributed by atoms with E-state index in [4.69, 9.17) is 0 Å². The summed E-state index contributed by atoms with van der Waals surface area (Å²) in [6, 6.07) is 10.3. The summed E-state index contributed by atoms with van der Waals surface area (Å²) in [5.74, 6) is 0. The molecule has 0 aromatic heterocycles. The molecule has 1 aliphatic carbocycles. The van der Waals surface area contributed by atoms with Gasteiger partial charge in [0, 0.05) is 17.9 Å². The molecule has 1 nitrogen and oxygen atoms in total. The minimum Gasteiger partial charge on any atom is -0.316 e. The molecule has 0 heterocycles. The summed E-state index contributed by atoms with van der Waals surface area (Å²) < 4.78 is 36.9. The molecule has 1 fully saturated rings. The summed E-state index contributed by atoms with van der Waals surface area (Å²) in [5, 5.41) is 3.26. The van der Waals surface area contributed by atoms with Crippen molar-refractivity contribution in [1.82, 2.24) is 5.32 Å². The molecule has 1 unspecified atom stereocenters. The Morgan fingerprint density at radius 1 is 1.20 bits per heavy atom. The Kier molecular flexibility index (Phi) is 4.74. The molecule has 1 aliphatic rings. The third-order valence-electron chi connectivity index (χ3n) is 4.56. The monoisotopic (exact) mass is 285 g/mol. The van der Waals surface area contributed by atoms with Crippen molar-refractivity contribution in [2.24, 2.45) is 0 Å². The topological polar surface area (TPSA) is 12.0 Å². The van der Waals surface area contributed by atoms with Gasteiger partial charge < -0.3 is 5.32 Å². The highest BCUT2D eigenvalue weighted by molar-refractivity contribution is 5.30. The van der Waals surface area contributed by atoms with Crippen molar-refractivity contribution in [3.05, 3.63) is 35.9 Å². The molecule has 0 aliphatic heterocycles. The summed E-state index contributed by atoms with van der Waals surface area (Å²) in [6.07, 6.45) is -0.669. The van der Waals surface area contributed by atoms with Crippen molar-refractivity contribution in [1.29, 1.82) is 0 Å². The van der Waals surface area contributed by atoms with Gasteiger partial charge in [-0.1, -0.05) is 36.8 Å². The Bertz CT molecular complexity index is 409. The lowest BCUT2D eigenvalue weighted by molar-refractivity contribution is -0.136. The van der Waals surface area contributed by atoms with Gasteiger partial charge in [0.05, 0.1) is 0 Å². The van der Waals surface area contributed by atoms with Crippen LogP contribution in [-0.2, 0) is 5.41 Å². The van der Waals surface area contributed by atoms with E-state index in [1.165, 1.54) is 5.56 Å². The standard InChI is InChI=1S/C16H22F3N/c1-20-14(9-5-12-16(17,18)19)15(10-6-11-15)13-7-3-2-4-8-13/h2-4,7-8,14,20H,5-6,9-12H2,1H3. The number of alkyl halides is 3. The van der Waals surface area contributed by atoms with Crippen molar-refractivity contribution in [3.8, 4) is 0 Å². The fraction of sp³-hybridized carbons (Fsp3) is 0.625. The van der Waals surface area contributed by atoms with Gasteiger partial charge in [-0.15, -0.1) is 0 Å². The Labute approximate surface area is 118 Å². The van der Waals surface area contributed by atoms with Gasteiger partial charge in [0.15, 0.2) is 0 Å². The SMILES string of the molecule is CNC(CCCC(F)(F)F)C1(c2ccccc2)CCC1. The summed E-state index contributed by atoms with van der Waals surface area (Å²) >= 11 is 0. The minimum absolute atomic E-state index is 0.0294. The van der Waals surface area contributed by atoms with Crippen LogP contribution in [0.3, 0.4) is 0 Å². The summed E-state index contributed by atoms with van der Waals surface area (Å²) in [4.78, 5) is 0. The van der Waals surface area contributed by atoms with Crippen molar-refractivity contribution >= 4 is 0 Å². The number of rotatable bonds is 6. The van der Waals surface area contributed by atoms with Gasteiger partial charge in [-0.05, 0) is 38.3 Å². The molecule has 1 N–H and O–H groups in total. The van der Waals surface area contributed by atoms with Crippen LogP contribution in [0.15, 0.2) is 30.3 Å². The van der Waals surface area contributed by atoms with Crippen molar-refractivity contribution in [2.45, 2.75) is 56.2 Å². The van der Waals surface area contributed by atoms with E-state index in [2.05, 4.69) is 17.4 Å². The number of halogens is 3. The minimum atomic E-state index is -4.04. The Balaban J connectivity index is 2.05. The molecule has 0 spiro atoms. The van der Waals surface area contributed by atoms with E-state index >= 15 is 0 Å². The quantitative estimate of drug-likeness (QED) is 0.815. The Morgan fingerprint density at radius 3 is 2.30 bits per heavy atom. The molecule has 0 amide bonds. The lowest BCUT2D eigenvalue weighted by Gasteiger charge is -2.48. The van der Waals surface area contributed by atoms with Crippen LogP contribution < -0.4 is 5.32 Å².